The Morgan fingerprint density at radius 2 is 2.39 bits per heavy atom. The first-order valence-corrected chi connectivity index (χ1v) is 6.49. The first kappa shape index (κ1) is 13.0. The smallest absolute Gasteiger partial charge is 0.265 e. The van der Waals surface area contributed by atoms with E-state index >= 15 is 0 Å². The van der Waals surface area contributed by atoms with Gasteiger partial charge in [-0.1, -0.05) is 0 Å². The van der Waals surface area contributed by atoms with Crippen molar-refractivity contribution in [2.45, 2.75) is 12.5 Å². The number of likely N-dealkylation sites (N-methyl/N-ethyl adjacent to an activating group) is 1. The van der Waals surface area contributed by atoms with Gasteiger partial charge < -0.3 is 15.0 Å². The summed E-state index contributed by atoms with van der Waals surface area (Å²) in [7, 11) is 1.56. The molecule has 1 aromatic rings. The SMILES string of the molecule is CNC(=O)C1(C)CN(C(=O)c2cncs2)CCO1. The second-order valence-corrected chi connectivity index (χ2v) is 5.14. The summed E-state index contributed by atoms with van der Waals surface area (Å²) in [5.41, 5.74) is 0.638. The highest BCUT2D eigenvalue weighted by molar-refractivity contribution is 7.11. The van der Waals surface area contributed by atoms with Crippen molar-refractivity contribution in [3.8, 4) is 0 Å². The highest BCUT2D eigenvalue weighted by Crippen LogP contribution is 2.20. The topological polar surface area (TPSA) is 71.5 Å². The number of carbonyl (C=O) groups is 2. The molecule has 2 rings (SSSR count). The van der Waals surface area contributed by atoms with E-state index < -0.39 is 5.60 Å². The summed E-state index contributed by atoms with van der Waals surface area (Å²) < 4.78 is 5.50. The zero-order chi connectivity index (χ0) is 13.2. The Hall–Kier alpha value is -1.47. The van der Waals surface area contributed by atoms with Gasteiger partial charge >= 0.3 is 0 Å². The Morgan fingerprint density at radius 1 is 1.61 bits per heavy atom. The minimum atomic E-state index is -0.979. The van der Waals surface area contributed by atoms with E-state index in [1.807, 2.05) is 0 Å². The Labute approximate surface area is 109 Å². The van der Waals surface area contributed by atoms with Crippen LogP contribution in [0.5, 0.6) is 0 Å². The van der Waals surface area contributed by atoms with Gasteiger partial charge in [-0.15, -0.1) is 11.3 Å². The van der Waals surface area contributed by atoms with E-state index in [0.29, 0.717) is 18.0 Å². The number of hydrogen-bond acceptors (Lipinski definition) is 5. The lowest BCUT2D eigenvalue weighted by Crippen LogP contribution is -2.58. The van der Waals surface area contributed by atoms with Gasteiger partial charge in [0, 0.05) is 13.6 Å². The zero-order valence-electron chi connectivity index (χ0n) is 10.3. The molecule has 18 heavy (non-hydrogen) atoms. The van der Waals surface area contributed by atoms with Crippen LogP contribution in [0.15, 0.2) is 11.7 Å². The van der Waals surface area contributed by atoms with Gasteiger partial charge in [0.15, 0.2) is 5.60 Å². The fourth-order valence-electron chi connectivity index (χ4n) is 1.92. The van der Waals surface area contributed by atoms with Crippen molar-refractivity contribution in [1.82, 2.24) is 15.2 Å². The average molecular weight is 269 g/mol. The van der Waals surface area contributed by atoms with Crippen molar-refractivity contribution < 1.29 is 14.3 Å². The van der Waals surface area contributed by atoms with Crippen LogP contribution in [0, 0.1) is 0 Å². The minimum Gasteiger partial charge on any atom is -0.362 e. The molecule has 1 atom stereocenters. The number of amides is 2. The molecule has 1 aliphatic heterocycles. The molecule has 0 aliphatic carbocycles. The van der Waals surface area contributed by atoms with Crippen LogP contribution in [-0.2, 0) is 9.53 Å². The van der Waals surface area contributed by atoms with E-state index in [9.17, 15) is 9.59 Å². The minimum absolute atomic E-state index is 0.101. The fraction of sp³-hybridized carbons (Fsp3) is 0.545. The average Bonchev–Trinajstić information content (AvgIpc) is 2.90. The van der Waals surface area contributed by atoms with Crippen LogP contribution >= 0.6 is 11.3 Å². The number of aromatic nitrogens is 1. The molecule has 0 aromatic carbocycles. The molecular formula is C11H15N3O3S. The molecule has 0 bridgehead atoms. The largest absolute Gasteiger partial charge is 0.362 e. The van der Waals surface area contributed by atoms with E-state index in [1.54, 1.807) is 30.6 Å². The molecule has 1 saturated heterocycles. The summed E-state index contributed by atoms with van der Waals surface area (Å²) in [6, 6.07) is 0. The molecule has 7 heteroatoms. The van der Waals surface area contributed by atoms with Gasteiger partial charge in [-0.3, -0.25) is 14.6 Å². The summed E-state index contributed by atoms with van der Waals surface area (Å²) in [5, 5.41) is 2.56. The molecule has 0 radical (unpaired) electrons. The van der Waals surface area contributed by atoms with Gasteiger partial charge in [0.1, 0.15) is 4.88 Å². The molecule has 98 valence electrons. The predicted octanol–water partition coefficient (Wildman–Crippen LogP) is 0.120. The predicted molar refractivity (Wildman–Crippen MR) is 66.4 cm³/mol. The van der Waals surface area contributed by atoms with Crippen molar-refractivity contribution in [1.29, 1.82) is 0 Å². The lowest BCUT2D eigenvalue weighted by Gasteiger charge is -2.38. The fourth-order valence-corrected chi connectivity index (χ4v) is 2.51. The number of rotatable bonds is 2. The summed E-state index contributed by atoms with van der Waals surface area (Å²) in [6.07, 6.45) is 1.54. The molecule has 1 aliphatic rings. The quantitative estimate of drug-likeness (QED) is 0.828. The number of hydrogen-bond donors (Lipinski definition) is 1. The maximum absolute atomic E-state index is 12.2. The van der Waals surface area contributed by atoms with Gasteiger partial charge in [-0.2, -0.15) is 0 Å². The van der Waals surface area contributed by atoms with Crippen LogP contribution in [0.25, 0.3) is 0 Å². The van der Waals surface area contributed by atoms with E-state index in [0.717, 1.165) is 0 Å². The molecule has 0 spiro atoms. The highest BCUT2D eigenvalue weighted by atomic mass is 32.1. The third kappa shape index (κ3) is 2.37. The molecule has 0 saturated carbocycles. The van der Waals surface area contributed by atoms with E-state index in [-0.39, 0.29) is 18.4 Å². The van der Waals surface area contributed by atoms with Crippen molar-refractivity contribution in [3.63, 3.8) is 0 Å². The lowest BCUT2D eigenvalue weighted by atomic mass is 10.0. The summed E-state index contributed by atoms with van der Waals surface area (Å²) in [4.78, 5) is 30.0. The van der Waals surface area contributed by atoms with Crippen LogP contribution < -0.4 is 5.32 Å². The monoisotopic (exact) mass is 269 g/mol. The Balaban J connectivity index is 2.12. The summed E-state index contributed by atoms with van der Waals surface area (Å²) >= 11 is 1.30. The number of ether oxygens (including phenoxy) is 1. The van der Waals surface area contributed by atoms with Crippen molar-refractivity contribution in [3.05, 3.63) is 16.6 Å². The summed E-state index contributed by atoms with van der Waals surface area (Å²) in [5.74, 6) is -0.319. The number of nitrogens with one attached hydrogen (secondary N) is 1. The molecule has 1 N–H and O–H groups in total. The van der Waals surface area contributed by atoms with E-state index in [1.165, 1.54) is 11.3 Å². The summed E-state index contributed by atoms with van der Waals surface area (Å²) in [6.45, 7) is 2.79. The third-order valence-electron chi connectivity index (χ3n) is 2.91. The van der Waals surface area contributed by atoms with Crippen molar-refractivity contribution >= 4 is 23.2 Å². The van der Waals surface area contributed by atoms with Crippen molar-refractivity contribution in [2.24, 2.45) is 0 Å². The maximum Gasteiger partial charge on any atom is 0.265 e. The van der Waals surface area contributed by atoms with Crippen molar-refractivity contribution in [2.75, 3.05) is 26.7 Å². The van der Waals surface area contributed by atoms with Gasteiger partial charge in [-0.05, 0) is 6.92 Å². The van der Waals surface area contributed by atoms with Crippen LogP contribution in [-0.4, -0.2) is 54.0 Å². The third-order valence-corrected chi connectivity index (χ3v) is 3.67. The molecule has 1 unspecified atom stereocenters. The number of nitrogens with zero attached hydrogens (tertiary/aromatic N) is 2. The maximum atomic E-state index is 12.2. The van der Waals surface area contributed by atoms with E-state index in [4.69, 9.17) is 4.74 Å². The first-order chi connectivity index (χ1) is 8.57. The number of morpholine rings is 1. The highest BCUT2D eigenvalue weighted by Gasteiger charge is 2.40. The van der Waals surface area contributed by atoms with Gasteiger partial charge in [0.25, 0.3) is 11.8 Å². The second kappa shape index (κ2) is 5.03. The Morgan fingerprint density at radius 3 is 3.00 bits per heavy atom. The number of thiazole rings is 1. The molecular weight excluding hydrogens is 254 g/mol. The van der Waals surface area contributed by atoms with Crippen LogP contribution in [0.2, 0.25) is 0 Å². The van der Waals surface area contributed by atoms with Gasteiger partial charge in [-0.25, -0.2) is 0 Å². The molecule has 1 aromatic heterocycles. The van der Waals surface area contributed by atoms with Gasteiger partial charge in [0.05, 0.1) is 24.9 Å². The second-order valence-electron chi connectivity index (χ2n) is 4.25. The van der Waals surface area contributed by atoms with Crippen LogP contribution in [0.4, 0.5) is 0 Å². The molecule has 2 amide bonds. The molecule has 6 nitrogen and oxygen atoms in total. The van der Waals surface area contributed by atoms with Gasteiger partial charge in [0.2, 0.25) is 0 Å². The van der Waals surface area contributed by atoms with Crippen LogP contribution in [0.3, 0.4) is 0 Å². The van der Waals surface area contributed by atoms with E-state index in [2.05, 4.69) is 10.3 Å². The Kier molecular flexibility index (Phi) is 3.63. The van der Waals surface area contributed by atoms with Crippen LogP contribution in [0.1, 0.15) is 16.6 Å². The Bertz CT molecular complexity index is 448. The first-order valence-electron chi connectivity index (χ1n) is 5.61. The standard InChI is InChI=1S/C11H15N3O3S/c1-11(10(16)12-2)6-14(3-4-17-11)9(15)8-5-13-7-18-8/h5,7H,3-4,6H2,1-2H3,(H,12,16). The molecule has 1 fully saturated rings. The zero-order valence-corrected chi connectivity index (χ0v) is 11.1. The normalized spacial score (nSPS) is 23.8. The molecule has 2 heterocycles. The number of carbonyl (C=O) groups excluding carboxylic acids is 2. The lowest BCUT2D eigenvalue weighted by molar-refractivity contribution is -0.153.